The molecule has 2 aromatic rings. The summed E-state index contributed by atoms with van der Waals surface area (Å²) in [4.78, 5) is 39.0. The molecule has 1 heterocycles. The van der Waals surface area contributed by atoms with Gasteiger partial charge in [-0.05, 0) is 30.9 Å². The third kappa shape index (κ3) is 2.95. The molecule has 1 atom stereocenters. The summed E-state index contributed by atoms with van der Waals surface area (Å²) in [6.45, 7) is 1.85. The van der Waals surface area contributed by atoms with Crippen molar-refractivity contribution in [1.82, 2.24) is 4.98 Å². The molecule has 0 unspecified atom stereocenters. The number of fused-ring (bicyclic) bond motifs is 1. The van der Waals surface area contributed by atoms with E-state index in [1.807, 2.05) is 30.3 Å². The quantitative estimate of drug-likeness (QED) is 0.883. The first kappa shape index (κ1) is 15.2. The Morgan fingerprint density at radius 3 is 2.65 bits per heavy atom. The molecule has 3 rings (SSSR count). The summed E-state index contributed by atoms with van der Waals surface area (Å²) >= 11 is 0. The van der Waals surface area contributed by atoms with Gasteiger partial charge in [0.1, 0.15) is 5.56 Å². The highest BCUT2D eigenvalue weighted by atomic mass is 16.5. The van der Waals surface area contributed by atoms with E-state index in [1.165, 1.54) is 6.07 Å². The highest BCUT2D eigenvalue weighted by molar-refractivity contribution is 6.01. The van der Waals surface area contributed by atoms with Gasteiger partial charge in [0, 0.05) is 17.7 Å². The Morgan fingerprint density at radius 1 is 1.22 bits per heavy atom. The van der Waals surface area contributed by atoms with Crippen molar-refractivity contribution in [3.63, 3.8) is 0 Å². The fraction of sp³-hybridized carbons (Fsp3) is 0.278. The van der Waals surface area contributed by atoms with E-state index >= 15 is 0 Å². The van der Waals surface area contributed by atoms with Crippen LogP contribution in [0.1, 0.15) is 51.2 Å². The smallest absolute Gasteiger partial charge is 0.343 e. The second-order valence-corrected chi connectivity index (χ2v) is 5.56. The minimum absolute atomic E-state index is 0.0419. The standard InChI is InChI=1S/C18H17NO4/c1-2-23-18(22)14-10-13-15(19-17(14)21)8-12(9-16(13)20)11-6-4-3-5-7-11/h3-7,10,12H,2,8-9H2,1H3,(H,19,21)/t12-/m0/s1. The molecule has 0 aliphatic heterocycles. The molecule has 118 valence electrons. The molecule has 0 radical (unpaired) electrons. The van der Waals surface area contributed by atoms with Gasteiger partial charge in [-0.3, -0.25) is 9.59 Å². The van der Waals surface area contributed by atoms with Crippen molar-refractivity contribution in [2.75, 3.05) is 6.61 Å². The first-order chi connectivity index (χ1) is 11.1. The Hall–Kier alpha value is -2.69. The SMILES string of the molecule is CCOC(=O)c1cc2c([nH]c1=O)C[C@H](c1ccccc1)CC2=O. The lowest BCUT2D eigenvalue weighted by Crippen LogP contribution is -2.28. The summed E-state index contributed by atoms with van der Waals surface area (Å²) in [6, 6.07) is 11.1. The number of H-pyrrole nitrogens is 1. The lowest BCUT2D eigenvalue weighted by Gasteiger charge is -2.23. The van der Waals surface area contributed by atoms with Crippen LogP contribution in [0.3, 0.4) is 0 Å². The fourth-order valence-electron chi connectivity index (χ4n) is 2.95. The largest absolute Gasteiger partial charge is 0.462 e. The van der Waals surface area contributed by atoms with E-state index in [0.29, 0.717) is 24.1 Å². The number of benzene rings is 1. The predicted molar refractivity (Wildman–Crippen MR) is 84.9 cm³/mol. The van der Waals surface area contributed by atoms with E-state index in [-0.39, 0.29) is 23.9 Å². The molecule has 5 heteroatoms. The molecule has 0 saturated carbocycles. The number of Topliss-reactive ketones (excluding diaryl/α,β-unsaturated/α-hetero) is 1. The normalized spacial score (nSPS) is 16.7. The first-order valence-corrected chi connectivity index (χ1v) is 7.61. The van der Waals surface area contributed by atoms with E-state index in [0.717, 1.165) is 5.56 Å². The number of carbonyl (C=O) groups is 2. The summed E-state index contributed by atoms with van der Waals surface area (Å²) < 4.78 is 4.86. The zero-order chi connectivity index (χ0) is 16.4. The maximum atomic E-state index is 12.4. The predicted octanol–water partition coefficient (Wildman–Crippen LogP) is 2.46. The van der Waals surface area contributed by atoms with Crippen molar-refractivity contribution in [3.8, 4) is 0 Å². The van der Waals surface area contributed by atoms with Crippen LogP contribution in [0.25, 0.3) is 0 Å². The van der Waals surface area contributed by atoms with Crippen molar-refractivity contribution in [1.29, 1.82) is 0 Å². The Morgan fingerprint density at radius 2 is 1.96 bits per heavy atom. The Bertz CT molecular complexity index is 808. The van der Waals surface area contributed by atoms with Crippen molar-refractivity contribution < 1.29 is 14.3 Å². The van der Waals surface area contributed by atoms with Crippen molar-refractivity contribution in [2.45, 2.75) is 25.7 Å². The van der Waals surface area contributed by atoms with Gasteiger partial charge >= 0.3 is 5.97 Å². The topological polar surface area (TPSA) is 76.2 Å². The summed E-state index contributed by atoms with van der Waals surface area (Å²) in [5.74, 6) is -0.725. The van der Waals surface area contributed by atoms with E-state index in [4.69, 9.17) is 4.74 Å². The van der Waals surface area contributed by atoms with Gasteiger partial charge in [0.15, 0.2) is 5.78 Å². The zero-order valence-corrected chi connectivity index (χ0v) is 12.8. The van der Waals surface area contributed by atoms with Crippen LogP contribution in [-0.2, 0) is 11.2 Å². The molecule has 0 spiro atoms. The molecule has 1 aromatic carbocycles. The highest BCUT2D eigenvalue weighted by Crippen LogP contribution is 2.31. The van der Waals surface area contributed by atoms with Gasteiger partial charge in [0.25, 0.3) is 5.56 Å². The van der Waals surface area contributed by atoms with Crippen molar-refractivity contribution in [3.05, 3.63) is 69.1 Å². The Labute approximate surface area is 133 Å². The van der Waals surface area contributed by atoms with Gasteiger partial charge < -0.3 is 9.72 Å². The zero-order valence-electron chi connectivity index (χ0n) is 12.8. The third-order valence-electron chi connectivity index (χ3n) is 4.07. The maximum Gasteiger partial charge on any atom is 0.343 e. The second-order valence-electron chi connectivity index (χ2n) is 5.56. The number of aromatic amines is 1. The van der Waals surface area contributed by atoms with E-state index in [9.17, 15) is 14.4 Å². The first-order valence-electron chi connectivity index (χ1n) is 7.61. The van der Waals surface area contributed by atoms with Gasteiger partial charge in [-0.1, -0.05) is 30.3 Å². The van der Waals surface area contributed by atoms with Crippen LogP contribution in [0.5, 0.6) is 0 Å². The van der Waals surface area contributed by atoms with Crippen LogP contribution in [-0.4, -0.2) is 23.3 Å². The highest BCUT2D eigenvalue weighted by Gasteiger charge is 2.28. The van der Waals surface area contributed by atoms with Crippen LogP contribution in [0.15, 0.2) is 41.2 Å². The number of rotatable bonds is 3. The number of ether oxygens (including phenoxy) is 1. The van der Waals surface area contributed by atoms with Crippen LogP contribution in [0, 0.1) is 0 Å². The average molecular weight is 311 g/mol. The molecule has 0 amide bonds. The number of hydrogen-bond donors (Lipinski definition) is 1. The second kappa shape index (κ2) is 6.20. The van der Waals surface area contributed by atoms with Gasteiger partial charge in [0.05, 0.1) is 6.61 Å². The van der Waals surface area contributed by atoms with Crippen LogP contribution < -0.4 is 5.56 Å². The lowest BCUT2D eigenvalue weighted by molar-refractivity contribution is 0.0524. The maximum absolute atomic E-state index is 12.4. The minimum Gasteiger partial charge on any atom is -0.462 e. The molecule has 1 aliphatic carbocycles. The number of pyridine rings is 1. The minimum atomic E-state index is -0.700. The molecule has 1 aromatic heterocycles. The Kier molecular flexibility index (Phi) is 4.10. The average Bonchev–Trinajstić information content (AvgIpc) is 2.55. The van der Waals surface area contributed by atoms with Gasteiger partial charge in [0.2, 0.25) is 0 Å². The van der Waals surface area contributed by atoms with Gasteiger partial charge in [-0.2, -0.15) is 0 Å². The van der Waals surface area contributed by atoms with E-state index < -0.39 is 11.5 Å². The molecule has 0 fully saturated rings. The van der Waals surface area contributed by atoms with E-state index in [1.54, 1.807) is 6.92 Å². The van der Waals surface area contributed by atoms with Crippen LogP contribution in [0.4, 0.5) is 0 Å². The molecule has 0 saturated heterocycles. The summed E-state index contributed by atoms with van der Waals surface area (Å²) in [6.07, 6.45) is 0.939. The van der Waals surface area contributed by atoms with Gasteiger partial charge in [-0.25, -0.2) is 4.79 Å². The number of esters is 1. The van der Waals surface area contributed by atoms with E-state index in [2.05, 4.69) is 4.98 Å². The molecule has 0 bridgehead atoms. The molecular weight excluding hydrogens is 294 g/mol. The number of carbonyl (C=O) groups excluding carboxylic acids is 2. The van der Waals surface area contributed by atoms with Crippen LogP contribution >= 0.6 is 0 Å². The Balaban J connectivity index is 1.97. The summed E-state index contributed by atoms with van der Waals surface area (Å²) in [5.41, 5.74) is 1.45. The van der Waals surface area contributed by atoms with Crippen molar-refractivity contribution >= 4 is 11.8 Å². The molecular formula is C18H17NO4. The fourth-order valence-corrected chi connectivity index (χ4v) is 2.95. The molecule has 1 aliphatic rings. The summed E-state index contributed by atoms with van der Waals surface area (Å²) in [5, 5.41) is 0. The number of hydrogen-bond acceptors (Lipinski definition) is 4. The number of nitrogens with one attached hydrogen (secondary N) is 1. The lowest BCUT2D eigenvalue weighted by atomic mass is 9.81. The summed E-state index contributed by atoms with van der Waals surface area (Å²) in [7, 11) is 0. The van der Waals surface area contributed by atoms with Crippen LogP contribution in [0.2, 0.25) is 0 Å². The van der Waals surface area contributed by atoms with Crippen molar-refractivity contribution in [2.24, 2.45) is 0 Å². The molecule has 1 N–H and O–H groups in total. The number of ketones is 1. The molecule has 23 heavy (non-hydrogen) atoms. The molecule has 5 nitrogen and oxygen atoms in total. The van der Waals surface area contributed by atoms with Gasteiger partial charge in [-0.15, -0.1) is 0 Å². The monoisotopic (exact) mass is 311 g/mol. The third-order valence-corrected chi connectivity index (χ3v) is 4.07. The number of aromatic nitrogens is 1.